The van der Waals surface area contributed by atoms with Crippen molar-refractivity contribution in [3.63, 3.8) is 0 Å². The largest absolute Gasteiger partial charge is 0.370 e. The SMILES string of the molecule is C=C(CC(NC(=O)C(C)NC(=O)C(CS)NC(=O)C(CCCC)N1C(=O)NC(C)(C)C1=O)C(=O)NC(Cc1ccccc1)C(=O)NC(CCCN=C(N)N)C(=O)NC(Cc1c[nH]c2ccccc12)C(=O)NC(CS)C([NH3+])=O)NC=NC. The van der Waals surface area contributed by atoms with Crippen LogP contribution < -0.4 is 65.1 Å². The van der Waals surface area contributed by atoms with E-state index < -0.39 is 113 Å². The number of benzene rings is 2. The number of aromatic nitrogens is 1. The maximum absolute atomic E-state index is 14.7. The van der Waals surface area contributed by atoms with Gasteiger partial charge >= 0.3 is 11.9 Å². The van der Waals surface area contributed by atoms with Gasteiger partial charge in [0.1, 0.15) is 47.8 Å². The maximum atomic E-state index is 14.7. The molecular formula is C53H77N16O10S2+. The second kappa shape index (κ2) is 31.7. The molecule has 8 atom stereocenters. The number of carbonyl (C=O) groups is 10. The molecule has 2 heterocycles. The number of nitrogens with one attached hydrogen (secondary N) is 10. The first-order valence-corrected chi connectivity index (χ1v) is 27.6. The molecule has 2 aromatic carbocycles. The summed E-state index contributed by atoms with van der Waals surface area (Å²) in [6, 6.07) is 4.52. The van der Waals surface area contributed by atoms with Crippen molar-refractivity contribution in [1.82, 2.24) is 57.7 Å². The van der Waals surface area contributed by atoms with E-state index in [4.69, 9.17) is 11.5 Å². The van der Waals surface area contributed by atoms with Crippen LogP contribution in [-0.4, -0.2) is 160 Å². The number of aliphatic imine (C=N–C) groups is 2. The van der Waals surface area contributed by atoms with Crippen molar-refractivity contribution in [1.29, 1.82) is 0 Å². The normalized spacial score (nSPS) is 15.8. The van der Waals surface area contributed by atoms with Crippen LogP contribution in [0.15, 0.2) is 83.1 Å². The lowest BCUT2D eigenvalue weighted by atomic mass is 10.0. The number of carbonyl (C=O) groups excluding carboxylic acids is 10. The number of amides is 11. The Kier molecular flexibility index (Phi) is 25.7. The highest BCUT2D eigenvalue weighted by Gasteiger charge is 2.49. The Hall–Kier alpha value is -7.98. The average Bonchev–Trinajstić information content (AvgIpc) is 3.99. The van der Waals surface area contributed by atoms with E-state index in [0.29, 0.717) is 24.0 Å². The standard InChI is InChI=1S/C53H76N16O10S2/c1-7-8-20-41(69-50(78)53(4,5)68-52(69)79)49(77)67-40(27-81)48(76)61-30(3)43(71)63-36(22-29(2)60-28-57-6)45(73)64-37(23-31-15-10-9-11-16-31)46(74)62-35(19-14-21-58-51(55)56)44(72)65-38(47(75)66-39(26-80)42(54)70)24-32-25-59-34-18-13-12-17-33(32)34/h9-13,15-18,25,28,30,35-41,59,80-81H,2,7-8,14,19-24,26-27H2,1,3-6H3,(H2,54,70)(H,57,60)(H,61,76)(H,62,74)(H,63,71)(H,64,73)(H,65,72)(H,66,75)(H,67,77)(H,68,79)(H4,55,56,58)/p+1. The van der Waals surface area contributed by atoms with Gasteiger partial charge in [-0.05, 0) is 57.2 Å². The number of aromatic amines is 1. The Morgan fingerprint density at radius 3 is 1.88 bits per heavy atom. The molecular weight excluding hydrogens is 1080 g/mol. The number of urea groups is 1. The Bertz CT molecular complexity index is 2810. The molecule has 0 spiro atoms. The number of hydrogen-bond donors (Lipinski definition) is 15. The van der Waals surface area contributed by atoms with E-state index in [1.165, 1.54) is 34.2 Å². The van der Waals surface area contributed by atoms with Crippen LogP contribution in [-0.2, 0) is 56.0 Å². The number of unbranched alkanes of at least 4 members (excludes halogenated alkanes) is 1. The van der Waals surface area contributed by atoms with E-state index in [-0.39, 0.29) is 68.2 Å². The first-order valence-electron chi connectivity index (χ1n) is 26.3. The molecule has 0 bridgehead atoms. The van der Waals surface area contributed by atoms with Crippen LogP contribution in [0.2, 0.25) is 0 Å². The molecule has 28 heteroatoms. The van der Waals surface area contributed by atoms with Gasteiger partial charge in [0.05, 0.1) is 6.34 Å². The van der Waals surface area contributed by atoms with Crippen LogP contribution >= 0.6 is 25.3 Å². The zero-order valence-corrected chi connectivity index (χ0v) is 47.9. The summed E-state index contributed by atoms with van der Waals surface area (Å²) in [5.74, 6) is -7.57. The van der Waals surface area contributed by atoms with Crippen LogP contribution in [0.25, 0.3) is 10.9 Å². The summed E-state index contributed by atoms with van der Waals surface area (Å²) in [7, 11) is 1.48. The van der Waals surface area contributed by atoms with Crippen molar-refractivity contribution < 1.29 is 53.7 Å². The molecule has 11 amide bonds. The van der Waals surface area contributed by atoms with Crippen LogP contribution in [0.3, 0.4) is 0 Å². The Morgan fingerprint density at radius 1 is 0.728 bits per heavy atom. The van der Waals surface area contributed by atoms with Gasteiger partial charge in [-0.15, -0.1) is 0 Å². The van der Waals surface area contributed by atoms with E-state index in [1.54, 1.807) is 36.5 Å². The minimum atomic E-state index is -1.48. The molecule has 1 saturated heterocycles. The summed E-state index contributed by atoms with van der Waals surface area (Å²) in [5, 5.41) is 24.7. The fraction of sp³-hybridized carbons (Fsp3) is 0.472. The maximum Gasteiger partial charge on any atom is 0.332 e. The van der Waals surface area contributed by atoms with Crippen molar-refractivity contribution in [2.45, 2.75) is 133 Å². The highest BCUT2D eigenvalue weighted by molar-refractivity contribution is 7.80. The van der Waals surface area contributed by atoms with E-state index in [1.807, 2.05) is 31.2 Å². The molecule has 17 N–H and O–H groups in total. The molecule has 3 aromatic rings. The number of para-hydroxylation sites is 1. The summed E-state index contributed by atoms with van der Waals surface area (Å²) in [6.07, 6.45) is 3.83. The van der Waals surface area contributed by atoms with E-state index in [9.17, 15) is 47.9 Å². The molecule has 1 aliphatic heterocycles. The van der Waals surface area contributed by atoms with Crippen LogP contribution in [0, 0.1) is 0 Å². The molecule has 0 radical (unpaired) electrons. The predicted molar refractivity (Wildman–Crippen MR) is 311 cm³/mol. The Morgan fingerprint density at radius 2 is 1.28 bits per heavy atom. The quantitative estimate of drug-likeness (QED) is 0.0104. The van der Waals surface area contributed by atoms with Crippen LogP contribution in [0.5, 0.6) is 0 Å². The molecule has 8 unspecified atom stereocenters. The van der Waals surface area contributed by atoms with E-state index >= 15 is 0 Å². The first-order chi connectivity index (χ1) is 38.4. The third-order valence-corrected chi connectivity index (χ3v) is 13.7. The third-order valence-electron chi connectivity index (χ3n) is 13.0. The van der Waals surface area contributed by atoms with E-state index in [0.717, 1.165) is 15.8 Å². The lowest BCUT2D eigenvalue weighted by Crippen LogP contribution is -2.68. The number of rotatable bonds is 33. The number of thiol groups is 2. The van der Waals surface area contributed by atoms with Crippen molar-refractivity contribution >= 4 is 108 Å². The fourth-order valence-corrected chi connectivity index (χ4v) is 9.07. The molecule has 4 rings (SSSR count). The minimum absolute atomic E-state index is 0.0462. The zero-order chi connectivity index (χ0) is 60.0. The first kappa shape index (κ1) is 65.5. The van der Waals surface area contributed by atoms with Crippen LogP contribution in [0.1, 0.15) is 77.3 Å². The van der Waals surface area contributed by atoms with Gasteiger partial charge in [0.25, 0.3) is 5.91 Å². The molecule has 0 saturated carbocycles. The number of nitrogens with two attached hydrogens (primary N) is 2. The number of fused-ring (bicyclic) bond motifs is 1. The minimum Gasteiger partial charge on any atom is -0.370 e. The zero-order valence-electron chi connectivity index (χ0n) is 46.1. The molecule has 1 aliphatic rings. The smallest absolute Gasteiger partial charge is 0.332 e. The third kappa shape index (κ3) is 19.7. The second-order valence-corrected chi connectivity index (χ2v) is 20.6. The lowest BCUT2D eigenvalue weighted by Gasteiger charge is -2.28. The monoisotopic (exact) mass is 1160 g/mol. The number of quaternary nitrogens is 1. The number of nitrogens with zero attached hydrogens (tertiary/aromatic N) is 3. The fourth-order valence-electron chi connectivity index (χ4n) is 8.52. The predicted octanol–water partition coefficient (Wildman–Crippen LogP) is -1.91. The highest BCUT2D eigenvalue weighted by Crippen LogP contribution is 2.23. The Labute approximate surface area is 480 Å². The number of guanidine groups is 1. The van der Waals surface area contributed by atoms with Crippen molar-refractivity contribution in [2.24, 2.45) is 21.5 Å². The number of hydrogen-bond acceptors (Lipinski definition) is 14. The van der Waals surface area contributed by atoms with E-state index in [2.05, 4.69) is 100 Å². The molecule has 440 valence electrons. The van der Waals surface area contributed by atoms with Crippen molar-refractivity contribution in [3.8, 4) is 0 Å². The molecule has 26 nitrogen and oxygen atoms in total. The number of imide groups is 1. The summed E-state index contributed by atoms with van der Waals surface area (Å²) >= 11 is 8.45. The van der Waals surface area contributed by atoms with Gasteiger partial charge in [-0.2, -0.15) is 25.3 Å². The molecule has 0 aliphatic carbocycles. The van der Waals surface area contributed by atoms with Gasteiger partial charge in [0.2, 0.25) is 41.4 Å². The molecule has 81 heavy (non-hydrogen) atoms. The van der Waals surface area contributed by atoms with Gasteiger partial charge in [-0.3, -0.25) is 54.1 Å². The van der Waals surface area contributed by atoms with Gasteiger partial charge in [-0.1, -0.05) is 74.9 Å². The van der Waals surface area contributed by atoms with Gasteiger partial charge < -0.3 is 64.3 Å². The second-order valence-electron chi connectivity index (χ2n) is 19.9. The van der Waals surface area contributed by atoms with Gasteiger partial charge in [0.15, 0.2) is 12.0 Å². The highest BCUT2D eigenvalue weighted by atomic mass is 32.1. The Balaban J connectivity index is 1.61. The summed E-state index contributed by atoms with van der Waals surface area (Å²) in [4.78, 5) is 149. The molecule has 1 aromatic heterocycles. The summed E-state index contributed by atoms with van der Waals surface area (Å²) in [6.45, 7) is 10.2. The number of H-pyrrole nitrogens is 1. The van der Waals surface area contributed by atoms with Crippen molar-refractivity contribution in [2.75, 3.05) is 25.1 Å². The van der Waals surface area contributed by atoms with Gasteiger partial charge in [0, 0.05) is 67.2 Å². The van der Waals surface area contributed by atoms with Gasteiger partial charge in [-0.25, -0.2) is 14.5 Å². The molecule has 1 fully saturated rings. The van der Waals surface area contributed by atoms with Crippen LogP contribution in [0.4, 0.5) is 4.79 Å². The van der Waals surface area contributed by atoms with Crippen molar-refractivity contribution in [3.05, 3.63) is 84.2 Å². The summed E-state index contributed by atoms with van der Waals surface area (Å²) in [5.41, 5.74) is 15.5. The lowest BCUT2D eigenvalue weighted by molar-refractivity contribution is -0.307. The summed E-state index contributed by atoms with van der Waals surface area (Å²) < 4.78 is 0. The topological polar surface area (TPSA) is 402 Å². The average molecular weight is 1160 g/mol.